The second kappa shape index (κ2) is 7.03. The van der Waals surface area contributed by atoms with Crippen molar-refractivity contribution < 1.29 is 17.9 Å². The molecule has 3 heterocycles. The molecule has 25 heavy (non-hydrogen) atoms. The molecule has 1 aliphatic rings. The van der Waals surface area contributed by atoms with E-state index in [2.05, 4.69) is 9.88 Å². The molecule has 0 amide bonds. The van der Waals surface area contributed by atoms with Gasteiger partial charge in [-0.3, -0.25) is 4.90 Å². The molecule has 0 bridgehead atoms. The third-order valence-electron chi connectivity index (χ3n) is 4.14. The summed E-state index contributed by atoms with van der Waals surface area (Å²) in [6.45, 7) is 2.37. The molecule has 1 aromatic carbocycles. The number of oxazole rings is 1. The first-order chi connectivity index (χ1) is 12.2. The van der Waals surface area contributed by atoms with Gasteiger partial charge in [0.05, 0.1) is 30.3 Å². The Morgan fingerprint density at radius 1 is 1.24 bits per heavy atom. The second-order valence-electron chi connectivity index (χ2n) is 5.86. The van der Waals surface area contributed by atoms with Crippen molar-refractivity contribution in [3.8, 4) is 10.6 Å². The Hall–Kier alpha value is -2.09. The average molecular weight is 362 g/mol. The molecule has 4 nitrogen and oxygen atoms in total. The van der Waals surface area contributed by atoms with Gasteiger partial charge in [-0.05, 0) is 29.1 Å². The lowest BCUT2D eigenvalue weighted by Gasteiger charge is -2.32. The standard InChI is InChI=1S/C18H16F2N2O2S/c19-13-4-3-12(8-14(13)20)16-10-22(5-6-23-16)11-18-21-9-15(24-18)17-2-1-7-25-17/h1-4,7-9,16H,5-6,10-11H2. The van der Waals surface area contributed by atoms with Crippen molar-refractivity contribution in [1.82, 2.24) is 9.88 Å². The summed E-state index contributed by atoms with van der Waals surface area (Å²) in [6.07, 6.45) is 1.43. The van der Waals surface area contributed by atoms with Gasteiger partial charge in [0, 0.05) is 13.1 Å². The number of thiophene rings is 1. The quantitative estimate of drug-likeness (QED) is 0.695. The average Bonchev–Trinajstić information content (AvgIpc) is 3.29. The fourth-order valence-electron chi connectivity index (χ4n) is 2.87. The van der Waals surface area contributed by atoms with Crippen LogP contribution in [0.1, 0.15) is 17.6 Å². The Morgan fingerprint density at radius 3 is 2.96 bits per heavy atom. The number of hydrogen-bond donors (Lipinski definition) is 0. The van der Waals surface area contributed by atoms with Crippen LogP contribution in [-0.4, -0.2) is 29.6 Å². The lowest BCUT2D eigenvalue weighted by atomic mass is 10.1. The first-order valence-electron chi connectivity index (χ1n) is 7.96. The van der Waals surface area contributed by atoms with E-state index in [9.17, 15) is 8.78 Å². The van der Waals surface area contributed by atoms with Crippen LogP contribution in [0.3, 0.4) is 0 Å². The summed E-state index contributed by atoms with van der Waals surface area (Å²) in [5.74, 6) is -0.312. The minimum atomic E-state index is -0.855. The number of halogens is 2. The fourth-order valence-corrected chi connectivity index (χ4v) is 3.54. The van der Waals surface area contributed by atoms with Crippen LogP contribution < -0.4 is 0 Å². The molecule has 2 aromatic heterocycles. The molecule has 1 saturated heterocycles. The first-order valence-corrected chi connectivity index (χ1v) is 8.84. The van der Waals surface area contributed by atoms with Gasteiger partial charge < -0.3 is 9.15 Å². The van der Waals surface area contributed by atoms with E-state index in [0.717, 1.165) is 23.2 Å². The van der Waals surface area contributed by atoms with Crippen molar-refractivity contribution in [1.29, 1.82) is 0 Å². The van der Waals surface area contributed by atoms with Gasteiger partial charge in [-0.15, -0.1) is 11.3 Å². The molecule has 4 rings (SSSR count). The van der Waals surface area contributed by atoms with E-state index in [4.69, 9.17) is 9.15 Å². The van der Waals surface area contributed by atoms with Crippen LogP contribution in [0.15, 0.2) is 46.3 Å². The van der Waals surface area contributed by atoms with Crippen LogP contribution in [0.4, 0.5) is 8.78 Å². The Labute approximate surface area is 147 Å². The summed E-state index contributed by atoms with van der Waals surface area (Å²) in [5.41, 5.74) is 0.635. The highest BCUT2D eigenvalue weighted by Gasteiger charge is 2.24. The van der Waals surface area contributed by atoms with Crippen molar-refractivity contribution >= 4 is 11.3 Å². The third-order valence-corrected chi connectivity index (χ3v) is 5.03. The van der Waals surface area contributed by atoms with Crippen molar-refractivity contribution in [3.05, 3.63) is 65.0 Å². The van der Waals surface area contributed by atoms with Gasteiger partial charge in [0.1, 0.15) is 0 Å². The molecule has 1 atom stereocenters. The number of hydrogen-bond acceptors (Lipinski definition) is 5. The van der Waals surface area contributed by atoms with Gasteiger partial charge in [-0.2, -0.15) is 0 Å². The van der Waals surface area contributed by atoms with Crippen LogP contribution in [-0.2, 0) is 11.3 Å². The summed E-state index contributed by atoms with van der Waals surface area (Å²) in [6, 6.07) is 7.85. The Balaban J connectivity index is 1.44. The summed E-state index contributed by atoms with van der Waals surface area (Å²) in [7, 11) is 0. The van der Waals surface area contributed by atoms with Gasteiger partial charge in [0.25, 0.3) is 0 Å². The SMILES string of the molecule is Fc1ccc(C2CN(Cc3ncc(-c4cccs4)o3)CCO2)cc1F. The number of benzene rings is 1. The monoisotopic (exact) mass is 362 g/mol. The Kier molecular flexibility index (Phi) is 4.61. The minimum Gasteiger partial charge on any atom is -0.438 e. The van der Waals surface area contributed by atoms with Crippen molar-refractivity contribution in [2.45, 2.75) is 12.6 Å². The van der Waals surface area contributed by atoms with E-state index < -0.39 is 11.6 Å². The van der Waals surface area contributed by atoms with Gasteiger partial charge in [-0.1, -0.05) is 12.1 Å². The highest BCUT2D eigenvalue weighted by molar-refractivity contribution is 7.13. The van der Waals surface area contributed by atoms with Gasteiger partial charge in [0.2, 0.25) is 5.89 Å². The molecular formula is C18H16F2N2O2S. The van der Waals surface area contributed by atoms with E-state index >= 15 is 0 Å². The largest absolute Gasteiger partial charge is 0.438 e. The van der Waals surface area contributed by atoms with Crippen LogP contribution in [0.2, 0.25) is 0 Å². The molecule has 1 fully saturated rings. The van der Waals surface area contributed by atoms with E-state index in [1.807, 2.05) is 17.5 Å². The second-order valence-corrected chi connectivity index (χ2v) is 6.81. The molecule has 0 saturated carbocycles. The van der Waals surface area contributed by atoms with E-state index in [0.29, 0.717) is 31.2 Å². The molecule has 1 unspecified atom stereocenters. The highest BCUT2D eigenvalue weighted by Crippen LogP contribution is 2.27. The van der Waals surface area contributed by atoms with Crippen molar-refractivity contribution in [3.63, 3.8) is 0 Å². The molecule has 1 aliphatic heterocycles. The topological polar surface area (TPSA) is 38.5 Å². The number of rotatable bonds is 4. The normalized spacial score (nSPS) is 18.6. The van der Waals surface area contributed by atoms with Gasteiger partial charge in [-0.25, -0.2) is 13.8 Å². The van der Waals surface area contributed by atoms with E-state index in [-0.39, 0.29) is 6.10 Å². The number of nitrogens with zero attached hydrogens (tertiary/aromatic N) is 2. The van der Waals surface area contributed by atoms with Crippen LogP contribution >= 0.6 is 11.3 Å². The van der Waals surface area contributed by atoms with E-state index in [1.165, 1.54) is 6.07 Å². The highest BCUT2D eigenvalue weighted by atomic mass is 32.1. The lowest BCUT2D eigenvalue weighted by Crippen LogP contribution is -2.37. The van der Waals surface area contributed by atoms with Crippen LogP contribution in [0.5, 0.6) is 0 Å². The van der Waals surface area contributed by atoms with Gasteiger partial charge >= 0.3 is 0 Å². The van der Waals surface area contributed by atoms with Gasteiger partial charge in [0.15, 0.2) is 17.4 Å². The number of morpholine rings is 1. The fraction of sp³-hybridized carbons (Fsp3) is 0.278. The predicted molar refractivity (Wildman–Crippen MR) is 90.1 cm³/mol. The third kappa shape index (κ3) is 3.63. The predicted octanol–water partition coefficient (Wildman–Crippen LogP) is 4.25. The molecule has 3 aromatic rings. The number of ether oxygens (including phenoxy) is 1. The van der Waals surface area contributed by atoms with Crippen molar-refractivity contribution in [2.24, 2.45) is 0 Å². The maximum absolute atomic E-state index is 13.4. The van der Waals surface area contributed by atoms with Crippen LogP contribution in [0, 0.1) is 11.6 Å². The maximum atomic E-state index is 13.4. The molecule has 0 aliphatic carbocycles. The summed E-state index contributed by atoms with van der Waals surface area (Å²) < 4.78 is 38.1. The zero-order valence-corrected chi connectivity index (χ0v) is 14.1. The smallest absolute Gasteiger partial charge is 0.209 e. The summed E-state index contributed by atoms with van der Waals surface area (Å²) in [5, 5.41) is 1.99. The maximum Gasteiger partial charge on any atom is 0.209 e. The molecule has 130 valence electrons. The molecule has 0 N–H and O–H groups in total. The zero-order chi connectivity index (χ0) is 17.2. The minimum absolute atomic E-state index is 0.296. The zero-order valence-electron chi connectivity index (χ0n) is 13.3. The lowest BCUT2D eigenvalue weighted by molar-refractivity contribution is -0.0352. The van der Waals surface area contributed by atoms with Crippen LogP contribution in [0.25, 0.3) is 10.6 Å². The Morgan fingerprint density at radius 2 is 2.16 bits per heavy atom. The van der Waals surface area contributed by atoms with E-state index in [1.54, 1.807) is 23.6 Å². The first kappa shape index (κ1) is 16.4. The Bertz CT molecular complexity index is 851. The summed E-state index contributed by atoms with van der Waals surface area (Å²) >= 11 is 1.60. The molecule has 7 heteroatoms. The molecule has 0 spiro atoms. The molecule has 0 radical (unpaired) electrons. The summed E-state index contributed by atoms with van der Waals surface area (Å²) in [4.78, 5) is 7.52. The van der Waals surface area contributed by atoms with Crippen molar-refractivity contribution in [2.75, 3.05) is 19.7 Å². The number of aromatic nitrogens is 1. The molecular weight excluding hydrogens is 346 g/mol.